The second-order valence-electron chi connectivity index (χ2n) is 6.93. The Labute approximate surface area is 158 Å². The number of aliphatic carboxylic acids is 1. The molecule has 1 N–H and O–H groups in total. The van der Waals surface area contributed by atoms with Gasteiger partial charge in [-0.3, -0.25) is 9.59 Å². The van der Waals surface area contributed by atoms with E-state index in [4.69, 9.17) is 14.6 Å². The fourth-order valence-corrected chi connectivity index (χ4v) is 3.66. The van der Waals surface area contributed by atoms with Crippen molar-refractivity contribution in [1.29, 1.82) is 0 Å². The number of carbonyl (C=O) groups excluding carboxylic acids is 1. The van der Waals surface area contributed by atoms with Crippen LogP contribution < -0.4 is 0 Å². The molecule has 1 amide bonds. The number of morpholine rings is 1. The summed E-state index contributed by atoms with van der Waals surface area (Å²) in [6.45, 7) is 6.66. The molecule has 0 unspecified atom stereocenters. The van der Waals surface area contributed by atoms with Crippen LogP contribution in [0.3, 0.4) is 0 Å². The molecule has 1 aliphatic rings. The van der Waals surface area contributed by atoms with Gasteiger partial charge in [-0.25, -0.2) is 0 Å². The van der Waals surface area contributed by atoms with Crippen molar-refractivity contribution in [2.45, 2.75) is 32.9 Å². The Morgan fingerprint density at radius 1 is 1.33 bits per heavy atom. The molecule has 0 spiro atoms. The molecule has 0 aliphatic carbocycles. The van der Waals surface area contributed by atoms with Gasteiger partial charge in [0.2, 0.25) is 0 Å². The van der Waals surface area contributed by atoms with Crippen molar-refractivity contribution in [1.82, 2.24) is 9.47 Å². The molecule has 27 heavy (non-hydrogen) atoms. The number of carboxylic acid groups (broad SMARTS) is 1. The molecule has 1 aromatic heterocycles. The molecule has 0 saturated carbocycles. The van der Waals surface area contributed by atoms with Gasteiger partial charge in [0.05, 0.1) is 25.7 Å². The molecule has 0 radical (unpaired) electrons. The van der Waals surface area contributed by atoms with Gasteiger partial charge in [0, 0.05) is 48.9 Å². The average Bonchev–Trinajstić information content (AvgIpc) is 2.89. The third-order valence-electron chi connectivity index (χ3n) is 5.23. The van der Waals surface area contributed by atoms with E-state index in [0.717, 1.165) is 23.0 Å². The van der Waals surface area contributed by atoms with E-state index in [-0.39, 0.29) is 12.3 Å². The van der Waals surface area contributed by atoms with E-state index >= 15 is 0 Å². The molecule has 146 valence electrons. The highest BCUT2D eigenvalue weighted by atomic mass is 16.5. The van der Waals surface area contributed by atoms with E-state index in [9.17, 15) is 9.59 Å². The van der Waals surface area contributed by atoms with Crippen LogP contribution in [-0.2, 0) is 20.8 Å². The van der Waals surface area contributed by atoms with Crippen LogP contribution in [0.2, 0.25) is 0 Å². The number of carbonyl (C=O) groups is 2. The highest BCUT2D eigenvalue weighted by Gasteiger charge is 2.27. The van der Waals surface area contributed by atoms with Crippen LogP contribution in [0.25, 0.3) is 10.9 Å². The number of ether oxygens (including phenoxy) is 2. The van der Waals surface area contributed by atoms with Gasteiger partial charge in [-0.05, 0) is 37.6 Å². The van der Waals surface area contributed by atoms with E-state index in [0.29, 0.717) is 31.9 Å². The Morgan fingerprint density at radius 2 is 2.11 bits per heavy atom. The number of hydrogen-bond acceptors (Lipinski definition) is 4. The van der Waals surface area contributed by atoms with Crippen LogP contribution in [-0.4, -0.2) is 66.0 Å². The van der Waals surface area contributed by atoms with Gasteiger partial charge < -0.3 is 24.0 Å². The Kier molecular flexibility index (Phi) is 5.82. The van der Waals surface area contributed by atoms with Crippen molar-refractivity contribution in [2.75, 3.05) is 33.4 Å². The lowest BCUT2D eigenvalue weighted by atomic mass is 10.1. The second kappa shape index (κ2) is 8.10. The van der Waals surface area contributed by atoms with Crippen molar-refractivity contribution in [3.8, 4) is 0 Å². The Morgan fingerprint density at radius 3 is 2.81 bits per heavy atom. The molecule has 2 aromatic rings. The van der Waals surface area contributed by atoms with Gasteiger partial charge in [-0.2, -0.15) is 0 Å². The predicted molar refractivity (Wildman–Crippen MR) is 101 cm³/mol. The number of carboxylic acids is 1. The third kappa shape index (κ3) is 3.99. The summed E-state index contributed by atoms with van der Waals surface area (Å²) in [5.74, 6) is -1.00. The molecule has 1 fully saturated rings. The van der Waals surface area contributed by atoms with Crippen LogP contribution in [0.15, 0.2) is 18.2 Å². The van der Waals surface area contributed by atoms with Crippen LogP contribution in [0.5, 0.6) is 0 Å². The smallest absolute Gasteiger partial charge is 0.306 e. The summed E-state index contributed by atoms with van der Waals surface area (Å²) in [6, 6.07) is 5.76. The summed E-state index contributed by atoms with van der Waals surface area (Å²) in [5, 5.41) is 10.0. The molecule has 2 heterocycles. The van der Waals surface area contributed by atoms with Crippen LogP contribution in [0.4, 0.5) is 0 Å². The van der Waals surface area contributed by atoms with E-state index < -0.39 is 12.1 Å². The number of rotatable bonds is 6. The average molecular weight is 374 g/mol. The standard InChI is InChI=1S/C20H26N2O5/c1-13-14(2)22(7-8-26-3)18-5-4-15(10-17(13)18)20(25)21-6-9-27-16(12-21)11-19(23)24/h4-5,10,16H,6-9,11-12H2,1-3H3,(H,23,24)/t16-/m1/s1. The van der Waals surface area contributed by atoms with E-state index in [2.05, 4.69) is 18.4 Å². The highest BCUT2D eigenvalue weighted by molar-refractivity contribution is 5.99. The van der Waals surface area contributed by atoms with Crippen LogP contribution in [0, 0.1) is 13.8 Å². The number of aryl methyl sites for hydroxylation is 1. The normalized spacial score (nSPS) is 17.4. The zero-order chi connectivity index (χ0) is 19.6. The quantitative estimate of drug-likeness (QED) is 0.839. The van der Waals surface area contributed by atoms with Crippen molar-refractivity contribution in [2.24, 2.45) is 0 Å². The molecule has 1 aromatic carbocycles. The van der Waals surface area contributed by atoms with Gasteiger partial charge in [0.15, 0.2) is 0 Å². The van der Waals surface area contributed by atoms with Gasteiger partial charge >= 0.3 is 5.97 Å². The van der Waals surface area contributed by atoms with Gasteiger partial charge in [0.25, 0.3) is 5.91 Å². The minimum Gasteiger partial charge on any atom is -0.481 e. The highest BCUT2D eigenvalue weighted by Crippen LogP contribution is 2.27. The minimum absolute atomic E-state index is 0.0858. The molecule has 1 atom stereocenters. The summed E-state index contributed by atoms with van der Waals surface area (Å²) in [5.41, 5.74) is 4.02. The minimum atomic E-state index is -0.917. The van der Waals surface area contributed by atoms with Gasteiger partial charge in [-0.1, -0.05) is 0 Å². The lowest BCUT2D eigenvalue weighted by Gasteiger charge is -2.32. The first-order valence-corrected chi connectivity index (χ1v) is 9.13. The SMILES string of the molecule is COCCn1c(C)c(C)c2cc(C(=O)N3CCO[C@H](CC(=O)O)C3)ccc21. The summed E-state index contributed by atoms with van der Waals surface area (Å²) in [6.07, 6.45) is -0.549. The maximum Gasteiger partial charge on any atom is 0.306 e. The first kappa shape index (κ1) is 19.4. The molecule has 0 bridgehead atoms. The molecular weight excluding hydrogens is 348 g/mol. The molecule has 7 nitrogen and oxygen atoms in total. The van der Waals surface area contributed by atoms with Crippen molar-refractivity contribution in [3.05, 3.63) is 35.0 Å². The maximum atomic E-state index is 12.9. The van der Waals surface area contributed by atoms with Crippen LogP contribution >= 0.6 is 0 Å². The summed E-state index contributed by atoms with van der Waals surface area (Å²) in [4.78, 5) is 25.5. The Hall–Kier alpha value is -2.38. The number of fused-ring (bicyclic) bond motifs is 1. The lowest BCUT2D eigenvalue weighted by molar-refractivity contribution is -0.141. The van der Waals surface area contributed by atoms with Crippen molar-refractivity contribution in [3.63, 3.8) is 0 Å². The van der Waals surface area contributed by atoms with E-state index in [1.54, 1.807) is 12.0 Å². The summed E-state index contributed by atoms with van der Waals surface area (Å²) < 4.78 is 12.9. The van der Waals surface area contributed by atoms with Crippen molar-refractivity contribution >= 4 is 22.8 Å². The van der Waals surface area contributed by atoms with Gasteiger partial charge in [-0.15, -0.1) is 0 Å². The fourth-order valence-electron chi connectivity index (χ4n) is 3.66. The van der Waals surface area contributed by atoms with Gasteiger partial charge in [0.1, 0.15) is 0 Å². The molecular formula is C20H26N2O5. The van der Waals surface area contributed by atoms with E-state index in [1.165, 1.54) is 5.69 Å². The summed E-state index contributed by atoms with van der Waals surface area (Å²) >= 11 is 0. The Bertz CT molecular complexity index is 858. The summed E-state index contributed by atoms with van der Waals surface area (Å²) in [7, 11) is 1.69. The molecule has 3 rings (SSSR count). The van der Waals surface area contributed by atoms with Crippen molar-refractivity contribution < 1.29 is 24.2 Å². The number of methoxy groups -OCH3 is 1. The number of nitrogens with zero attached hydrogens (tertiary/aromatic N) is 2. The molecule has 1 aliphatic heterocycles. The second-order valence-corrected chi connectivity index (χ2v) is 6.93. The largest absolute Gasteiger partial charge is 0.481 e. The zero-order valence-electron chi connectivity index (χ0n) is 16.0. The number of aromatic nitrogens is 1. The number of benzene rings is 1. The Balaban J connectivity index is 1.85. The zero-order valence-corrected chi connectivity index (χ0v) is 16.0. The molecule has 1 saturated heterocycles. The number of hydrogen-bond donors (Lipinski definition) is 1. The predicted octanol–water partition coefficient (Wildman–Crippen LogP) is 2.22. The van der Waals surface area contributed by atoms with E-state index in [1.807, 2.05) is 18.2 Å². The maximum absolute atomic E-state index is 12.9. The fraction of sp³-hybridized carbons (Fsp3) is 0.500. The monoisotopic (exact) mass is 374 g/mol. The topological polar surface area (TPSA) is 81.0 Å². The lowest BCUT2D eigenvalue weighted by Crippen LogP contribution is -2.46. The van der Waals surface area contributed by atoms with Crippen LogP contribution in [0.1, 0.15) is 28.0 Å². The first-order chi connectivity index (χ1) is 12.9. The first-order valence-electron chi connectivity index (χ1n) is 9.13. The number of amides is 1. The third-order valence-corrected chi connectivity index (χ3v) is 5.23. The molecule has 7 heteroatoms.